The summed E-state index contributed by atoms with van der Waals surface area (Å²) >= 11 is 0. The topological polar surface area (TPSA) is 127 Å². The molecule has 0 aliphatic heterocycles. The zero-order valence-corrected chi connectivity index (χ0v) is 6.70. The van der Waals surface area contributed by atoms with Gasteiger partial charge in [-0.2, -0.15) is 5.26 Å². The number of rotatable bonds is 5. The molecule has 7 heteroatoms. The molecule has 0 fully saturated rings. The summed E-state index contributed by atoms with van der Waals surface area (Å²) < 4.78 is 0. The Hall–Kier alpha value is -0.730. The van der Waals surface area contributed by atoms with Crippen LogP contribution in [-0.4, -0.2) is 56.6 Å². The molecule has 0 heterocycles. The second-order valence-corrected chi connectivity index (χ2v) is 2.43. The highest BCUT2D eigenvalue weighted by atomic mass is 17.1. The smallest absolute Gasteiger partial charge is 0.373 e. The first-order chi connectivity index (χ1) is 6.04. The fourth-order valence-electron chi connectivity index (χ4n) is 0.707. The first kappa shape index (κ1) is 12.3. The van der Waals surface area contributed by atoms with Crippen molar-refractivity contribution in [1.82, 2.24) is 0 Å². The van der Waals surface area contributed by atoms with Gasteiger partial charge in [-0.3, -0.25) is 4.89 Å². The largest absolute Gasteiger partial charge is 0.396 e. The molecule has 3 unspecified atom stereocenters. The highest BCUT2D eigenvalue weighted by Gasteiger charge is 2.31. The van der Waals surface area contributed by atoms with Gasteiger partial charge in [0.1, 0.15) is 6.10 Å². The molecule has 0 bridgehead atoms. The average Bonchev–Trinajstić information content (AvgIpc) is 2.14. The van der Waals surface area contributed by atoms with Gasteiger partial charge in [0.05, 0.1) is 6.10 Å². The van der Waals surface area contributed by atoms with Gasteiger partial charge in [-0.05, 0) is 6.42 Å². The Morgan fingerprint density at radius 2 is 1.85 bits per heavy atom. The second-order valence-electron chi connectivity index (χ2n) is 2.43. The van der Waals surface area contributed by atoms with Crippen LogP contribution in [0, 0.1) is 0 Å². The molecule has 0 rings (SSSR count). The van der Waals surface area contributed by atoms with Crippen LogP contribution in [0.4, 0.5) is 0 Å². The Morgan fingerprint density at radius 1 is 1.31 bits per heavy atom. The molecule has 0 aliphatic carbocycles. The molecule has 0 saturated heterocycles. The maximum atomic E-state index is 10.4. The molecular formula is C6H12O7. The zero-order chi connectivity index (χ0) is 10.4. The molecule has 0 aliphatic rings. The van der Waals surface area contributed by atoms with E-state index < -0.39 is 30.9 Å². The van der Waals surface area contributed by atoms with Crippen molar-refractivity contribution < 1.29 is 35.4 Å². The summed E-state index contributed by atoms with van der Waals surface area (Å²) in [5.41, 5.74) is 0. The molecule has 3 atom stereocenters. The quantitative estimate of drug-likeness (QED) is 0.242. The third-order valence-electron chi connectivity index (χ3n) is 1.47. The van der Waals surface area contributed by atoms with Gasteiger partial charge in [0, 0.05) is 6.61 Å². The molecular weight excluding hydrogens is 184 g/mol. The second kappa shape index (κ2) is 5.84. The zero-order valence-electron chi connectivity index (χ0n) is 6.70. The predicted molar refractivity (Wildman–Crippen MR) is 38.4 cm³/mol. The van der Waals surface area contributed by atoms with Crippen LogP contribution in [0.15, 0.2) is 0 Å². The molecule has 0 spiro atoms. The Bertz CT molecular complexity index is 159. The lowest BCUT2D eigenvalue weighted by atomic mass is 10.1. The van der Waals surface area contributed by atoms with Gasteiger partial charge in [0.15, 0.2) is 6.10 Å². The van der Waals surface area contributed by atoms with Crippen molar-refractivity contribution in [3.8, 4) is 0 Å². The lowest BCUT2D eigenvalue weighted by Gasteiger charge is -2.19. The van der Waals surface area contributed by atoms with E-state index in [4.69, 9.17) is 25.7 Å². The minimum Gasteiger partial charge on any atom is -0.396 e. The van der Waals surface area contributed by atoms with Crippen LogP contribution in [0.1, 0.15) is 6.42 Å². The number of carbonyl (C=O) groups is 1. The predicted octanol–water partition coefficient (Wildman–Crippen LogP) is -2.53. The highest BCUT2D eigenvalue weighted by molar-refractivity contribution is 5.74. The van der Waals surface area contributed by atoms with Crippen molar-refractivity contribution in [2.45, 2.75) is 24.7 Å². The summed E-state index contributed by atoms with van der Waals surface area (Å²) in [4.78, 5) is 13.5. The minimum absolute atomic E-state index is 0.197. The first-order valence-corrected chi connectivity index (χ1v) is 3.55. The van der Waals surface area contributed by atoms with E-state index in [0.29, 0.717) is 0 Å². The van der Waals surface area contributed by atoms with Crippen molar-refractivity contribution in [2.24, 2.45) is 0 Å². The summed E-state index contributed by atoms with van der Waals surface area (Å²) in [6.45, 7) is -0.404. The van der Waals surface area contributed by atoms with E-state index in [9.17, 15) is 4.79 Å². The summed E-state index contributed by atoms with van der Waals surface area (Å²) in [5.74, 6) is -1.47. The lowest BCUT2D eigenvalue weighted by Crippen LogP contribution is -2.43. The van der Waals surface area contributed by atoms with E-state index in [0.717, 1.165) is 0 Å². The third-order valence-corrected chi connectivity index (χ3v) is 1.47. The monoisotopic (exact) mass is 196 g/mol. The number of hydrogen-bond donors (Lipinski definition) is 5. The van der Waals surface area contributed by atoms with Crippen LogP contribution >= 0.6 is 0 Å². The van der Waals surface area contributed by atoms with Gasteiger partial charge in [-0.25, -0.2) is 4.79 Å². The van der Waals surface area contributed by atoms with Crippen molar-refractivity contribution in [1.29, 1.82) is 0 Å². The minimum atomic E-state index is -2.04. The van der Waals surface area contributed by atoms with Crippen LogP contribution in [0.5, 0.6) is 0 Å². The summed E-state index contributed by atoms with van der Waals surface area (Å²) in [6.07, 6.45) is -5.49. The molecule has 0 amide bonds. The summed E-state index contributed by atoms with van der Waals surface area (Å²) in [7, 11) is 0. The molecule has 7 nitrogen and oxygen atoms in total. The molecule has 0 aromatic carbocycles. The van der Waals surface area contributed by atoms with Crippen molar-refractivity contribution >= 4 is 5.97 Å². The SMILES string of the molecule is O=C(OO)C(O)C(O)C(O)CCO. The fraction of sp³-hybridized carbons (Fsp3) is 0.833. The van der Waals surface area contributed by atoms with Gasteiger partial charge in [0.2, 0.25) is 0 Å². The molecule has 78 valence electrons. The first-order valence-electron chi connectivity index (χ1n) is 3.55. The van der Waals surface area contributed by atoms with E-state index in [1.54, 1.807) is 0 Å². The van der Waals surface area contributed by atoms with Gasteiger partial charge in [0.25, 0.3) is 0 Å². The van der Waals surface area contributed by atoms with Crippen LogP contribution in [0.25, 0.3) is 0 Å². The summed E-state index contributed by atoms with van der Waals surface area (Å²) in [5, 5.41) is 43.0. The van der Waals surface area contributed by atoms with E-state index in [-0.39, 0.29) is 6.42 Å². The molecule has 5 N–H and O–H groups in total. The molecule has 0 radical (unpaired) electrons. The van der Waals surface area contributed by atoms with Crippen LogP contribution in [0.3, 0.4) is 0 Å². The normalized spacial score (nSPS) is 17.6. The Labute approximate surface area is 73.7 Å². The van der Waals surface area contributed by atoms with E-state index in [1.807, 2.05) is 0 Å². The Morgan fingerprint density at radius 3 is 2.23 bits per heavy atom. The Balaban J connectivity index is 4.07. The van der Waals surface area contributed by atoms with Crippen molar-refractivity contribution in [3.63, 3.8) is 0 Å². The number of aliphatic hydroxyl groups is 4. The maximum Gasteiger partial charge on any atom is 0.373 e. The maximum absolute atomic E-state index is 10.4. The van der Waals surface area contributed by atoms with Gasteiger partial charge in [-0.1, -0.05) is 0 Å². The van der Waals surface area contributed by atoms with Crippen LogP contribution in [-0.2, 0) is 9.68 Å². The van der Waals surface area contributed by atoms with E-state index >= 15 is 0 Å². The lowest BCUT2D eigenvalue weighted by molar-refractivity contribution is -0.248. The van der Waals surface area contributed by atoms with Gasteiger partial charge >= 0.3 is 5.97 Å². The van der Waals surface area contributed by atoms with Crippen molar-refractivity contribution in [3.05, 3.63) is 0 Å². The van der Waals surface area contributed by atoms with Gasteiger partial charge < -0.3 is 20.4 Å². The average molecular weight is 196 g/mol. The third kappa shape index (κ3) is 3.66. The van der Waals surface area contributed by atoms with Crippen molar-refractivity contribution in [2.75, 3.05) is 6.61 Å². The highest BCUT2D eigenvalue weighted by Crippen LogP contribution is 2.04. The standard InChI is InChI=1S/C6H12O7/c7-2-1-3(8)4(9)5(10)6(11)13-12/h3-5,7-10,12H,1-2H2. The molecule has 0 aromatic rings. The number of hydrogen-bond acceptors (Lipinski definition) is 7. The molecule has 0 saturated carbocycles. The van der Waals surface area contributed by atoms with E-state index in [2.05, 4.69) is 4.89 Å². The number of aliphatic hydroxyl groups excluding tert-OH is 4. The molecule has 0 aromatic heterocycles. The molecule has 13 heavy (non-hydrogen) atoms. The Kier molecular flexibility index (Phi) is 5.51. The summed E-state index contributed by atoms with van der Waals surface area (Å²) in [6, 6.07) is 0. The van der Waals surface area contributed by atoms with Gasteiger partial charge in [-0.15, -0.1) is 0 Å². The van der Waals surface area contributed by atoms with Crippen LogP contribution < -0.4 is 0 Å². The van der Waals surface area contributed by atoms with E-state index in [1.165, 1.54) is 0 Å². The fourth-order valence-corrected chi connectivity index (χ4v) is 0.707. The van der Waals surface area contributed by atoms with Crippen LogP contribution in [0.2, 0.25) is 0 Å². The number of carbonyl (C=O) groups excluding carboxylic acids is 1.